The van der Waals surface area contributed by atoms with Crippen molar-refractivity contribution in [1.82, 2.24) is 9.78 Å². The summed E-state index contributed by atoms with van der Waals surface area (Å²) in [4.78, 5) is 0. The summed E-state index contributed by atoms with van der Waals surface area (Å²) in [5.74, 6) is 1.58. The number of hydrogen-bond donors (Lipinski definition) is 1. The minimum Gasteiger partial charge on any atom is -0.496 e. The van der Waals surface area contributed by atoms with Crippen LogP contribution in [-0.4, -0.2) is 16.9 Å². The largest absolute Gasteiger partial charge is 0.496 e. The zero-order valence-corrected chi connectivity index (χ0v) is 12.0. The third-order valence-corrected chi connectivity index (χ3v) is 3.35. The van der Waals surface area contributed by atoms with Gasteiger partial charge in [-0.2, -0.15) is 5.10 Å². The van der Waals surface area contributed by atoms with Crippen LogP contribution in [0.4, 0.5) is 5.82 Å². The molecular weight excluding hydrogens is 238 g/mol. The molecule has 0 fully saturated rings. The topological polar surface area (TPSA) is 53.1 Å². The Labute approximate surface area is 114 Å². The molecule has 0 unspecified atom stereocenters. The number of aromatic nitrogens is 2. The highest BCUT2D eigenvalue weighted by molar-refractivity contribution is 5.77. The molecule has 0 radical (unpaired) electrons. The number of methoxy groups -OCH3 is 1. The summed E-state index contributed by atoms with van der Waals surface area (Å²) in [6, 6.07) is 6.16. The van der Waals surface area contributed by atoms with Crippen molar-refractivity contribution in [3.63, 3.8) is 0 Å². The van der Waals surface area contributed by atoms with Gasteiger partial charge in [0, 0.05) is 12.6 Å². The average Bonchev–Trinajstić information content (AvgIpc) is 2.67. The minimum atomic E-state index is 0.703. The Bertz CT molecular complexity index is 587. The van der Waals surface area contributed by atoms with Crippen LogP contribution in [0, 0.1) is 6.92 Å². The van der Waals surface area contributed by atoms with Crippen LogP contribution in [0.5, 0.6) is 5.75 Å². The van der Waals surface area contributed by atoms with Crippen molar-refractivity contribution in [3.05, 3.63) is 29.5 Å². The van der Waals surface area contributed by atoms with Gasteiger partial charge in [0.05, 0.1) is 12.8 Å². The molecule has 19 heavy (non-hydrogen) atoms. The van der Waals surface area contributed by atoms with Crippen LogP contribution in [0.25, 0.3) is 11.1 Å². The third kappa shape index (κ3) is 2.43. The second-order valence-electron chi connectivity index (χ2n) is 4.76. The molecule has 1 heterocycles. The van der Waals surface area contributed by atoms with Gasteiger partial charge in [-0.25, -0.2) is 0 Å². The van der Waals surface area contributed by atoms with Gasteiger partial charge in [-0.1, -0.05) is 25.5 Å². The number of ether oxygens (including phenoxy) is 1. The average molecular weight is 259 g/mol. The maximum absolute atomic E-state index is 6.15. The lowest BCUT2D eigenvalue weighted by atomic mass is 10.0. The molecule has 1 aromatic heterocycles. The molecule has 4 heteroatoms. The van der Waals surface area contributed by atoms with Gasteiger partial charge in [0.25, 0.3) is 0 Å². The van der Waals surface area contributed by atoms with Crippen LogP contribution in [-0.2, 0) is 13.5 Å². The normalized spacial score (nSPS) is 10.7. The van der Waals surface area contributed by atoms with Crippen molar-refractivity contribution >= 4 is 5.82 Å². The molecule has 0 aliphatic carbocycles. The molecule has 0 atom stereocenters. The predicted molar refractivity (Wildman–Crippen MR) is 78.3 cm³/mol. The molecule has 1 aromatic carbocycles. The van der Waals surface area contributed by atoms with E-state index in [4.69, 9.17) is 10.5 Å². The molecule has 0 amide bonds. The van der Waals surface area contributed by atoms with Gasteiger partial charge in [-0.3, -0.25) is 4.68 Å². The van der Waals surface area contributed by atoms with Crippen molar-refractivity contribution < 1.29 is 4.74 Å². The first-order valence-electron chi connectivity index (χ1n) is 6.54. The van der Waals surface area contributed by atoms with Gasteiger partial charge in [-0.15, -0.1) is 0 Å². The van der Waals surface area contributed by atoms with Crippen LogP contribution in [0.2, 0.25) is 0 Å². The van der Waals surface area contributed by atoms with Crippen LogP contribution in [0.15, 0.2) is 18.2 Å². The number of benzene rings is 1. The van der Waals surface area contributed by atoms with Crippen LogP contribution in [0.3, 0.4) is 0 Å². The number of hydrogen-bond acceptors (Lipinski definition) is 3. The minimum absolute atomic E-state index is 0.703. The Morgan fingerprint density at radius 2 is 2.11 bits per heavy atom. The highest BCUT2D eigenvalue weighted by Gasteiger charge is 2.16. The smallest absolute Gasteiger partial charge is 0.129 e. The van der Waals surface area contributed by atoms with Crippen molar-refractivity contribution in [1.29, 1.82) is 0 Å². The second-order valence-corrected chi connectivity index (χ2v) is 4.76. The third-order valence-electron chi connectivity index (χ3n) is 3.35. The number of rotatable bonds is 4. The Kier molecular flexibility index (Phi) is 3.79. The lowest BCUT2D eigenvalue weighted by molar-refractivity contribution is 0.412. The molecule has 0 aliphatic heterocycles. The fourth-order valence-corrected chi connectivity index (χ4v) is 2.30. The van der Waals surface area contributed by atoms with E-state index in [1.807, 2.05) is 20.0 Å². The lowest BCUT2D eigenvalue weighted by Crippen LogP contribution is -1.98. The van der Waals surface area contributed by atoms with E-state index in [0.717, 1.165) is 41.0 Å². The van der Waals surface area contributed by atoms with Gasteiger partial charge in [0.2, 0.25) is 0 Å². The first kappa shape index (κ1) is 13.5. The van der Waals surface area contributed by atoms with E-state index in [9.17, 15) is 0 Å². The SMILES string of the molecule is CCCc1nn(C)c(N)c1-c1ccc(C)c(OC)c1. The summed E-state index contributed by atoms with van der Waals surface area (Å²) in [6.45, 7) is 4.17. The number of nitrogen functional groups attached to an aromatic ring is 1. The predicted octanol–water partition coefficient (Wildman–Crippen LogP) is 2.94. The van der Waals surface area contributed by atoms with Gasteiger partial charge in [0.1, 0.15) is 11.6 Å². The highest BCUT2D eigenvalue weighted by atomic mass is 16.5. The number of anilines is 1. The van der Waals surface area contributed by atoms with Gasteiger partial charge < -0.3 is 10.5 Å². The summed E-state index contributed by atoms with van der Waals surface area (Å²) >= 11 is 0. The second kappa shape index (κ2) is 5.34. The van der Waals surface area contributed by atoms with Gasteiger partial charge in [0.15, 0.2) is 0 Å². The molecule has 0 saturated carbocycles. The zero-order chi connectivity index (χ0) is 14.0. The quantitative estimate of drug-likeness (QED) is 0.918. The lowest BCUT2D eigenvalue weighted by Gasteiger charge is -2.08. The number of aryl methyl sites for hydroxylation is 3. The van der Waals surface area contributed by atoms with E-state index in [0.29, 0.717) is 5.82 Å². The monoisotopic (exact) mass is 259 g/mol. The molecule has 0 saturated heterocycles. The van der Waals surface area contributed by atoms with Crippen molar-refractivity contribution in [3.8, 4) is 16.9 Å². The molecule has 0 spiro atoms. The van der Waals surface area contributed by atoms with E-state index in [1.54, 1.807) is 11.8 Å². The fraction of sp³-hybridized carbons (Fsp3) is 0.400. The molecular formula is C15H21N3O. The summed E-state index contributed by atoms with van der Waals surface area (Å²) < 4.78 is 7.13. The van der Waals surface area contributed by atoms with Crippen LogP contribution < -0.4 is 10.5 Å². The van der Waals surface area contributed by atoms with E-state index < -0.39 is 0 Å². The summed E-state index contributed by atoms with van der Waals surface area (Å²) in [5, 5.41) is 4.51. The van der Waals surface area contributed by atoms with Crippen molar-refractivity contribution in [2.24, 2.45) is 7.05 Å². The molecule has 102 valence electrons. The maximum Gasteiger partial charge on any atom is 0.129 e. The van der Waals surface area contributed by atoms with E-state index in [-0.39, 0.29) is 0 Å². The first-order valence-corrected chi connectivity index (χ1v) is 6.54. The molecule has 2 N–H and O–H groups in total. The fourth-order valence-electron chi connectivity index (χ4n) is 2.30. The van der Waals surface area contributed by atoms with Gasteiger partial charge >= 0.3 is 0 Å². The molecule has 0 aliphatic rings. The Balaban J connectivity index is 2.57. The van der Waals surface area contributed by atoms with Crippen molar-refractivity contribution in [2.75, 3.05) is 12.8 Å². The van der Waals surface area contributed by atoms with Crippen LogP contribution in [0.1, 0.15) is 24.6 Å². The molecule has 4 nitrogen and oxygen atoms in total. The number of nitrogens with two attached hydrogens (primary N) is 1. The van der Waals surface area contributed by atoms with Crippen LogP contribution >= 0.6 is 0 Å². The first-order chi connectivity index (χ1) is 9.08. The molecule has 2 aromatic rings. The van der Waals surface area contributed by atoms with Gasteiger partial charge in [-0.05, 0) is 30.5 Å². The maximum atomic E-state index is 6.15. The Morgan fingerprint density at radius 3 is 2.74 bits per heavy atom. The molecule has 0 bridgehead atoms. The standard InChI is InChI=1S/C15H21N3O/c1-5-6-12-14(15(16)18(3)17-12)11-8-7-10(2)13(9-11)19-4/h7-9H,5-6,16H2,1-4H3. The summed E-state index contributed by atoms with van der Waals surface area (Å²) in [5.41, 5.74) is 10.4. The number of nitrogens with zero attached hydrogens (tertiary/aromatic N) is 2. The molecule has 2 rings (SSSR count). The zero-order valence-electron chi connectivity index (χ0n) is 12.0. The summed E-state index contributed by atoms with van der Waals surface area (Å²) in [6.07, 6.45) is 1.98. The Hall–Kier alpha value is -1.97. The van der Waals surface area contributed by atoms with Crippen molar-refractivity contribution in [2.45, 2.75) is 26.7 Å². The summed E-state index contributed by atoms with van der Waals surface area (Å²) in [7, 11) is 3.56. The van der Waals surface area contributed by atoms with E-state index >= 15 is 0 Å². The highest BCUT2D eigenvalue weighted by Crippen LogP contribution is 2.33. The van der Waals surface area contributed by atoms with E-state index in [2.05, 4.69) is 24.2 Å². The van der Waals surface area contributed by atoms with E-state index in [1.165, 1.54) is 0 Å². The Morgan fingerprint density at radius 1 is 1.37 bits per heavy atom.